The first kappa shape index (κ1) is 15.4. The number of thiol groups is 1. The van der Waals surface area contributed by atoms with E-state index in [1.807, 2.05) is 60.7 Å². The van der Waals surface area contributed by atoms with E-state index in [0.29, 0.717) is 11.3 Å². The van der Waals surface area contributed by atoms with Crippen molar-refractivity contribution >= 4 is 18.6 Å². The molecule has 2 nitrogen and oxygen atoms in total. The molecule has 23 heavy (non-hydrogen) atoms. The number of carboxylic acids is 1. The van der Waals surface area contributed by atoms with Gasteiger partial charge in [0.15, 0.2) is 0 Å². The smallest absolute Gasteiger partial charge is 0.335 e. The van der Waals surface area contributed by atoms with Crippen molar-refractivity contribution in [3.05, 3.63) is 83.9 Å². The highest BCUT2D eigenvalue weighted by Gasteiger charge is 2.11. The number of rotatable bonds is 4. The zero-order valence-corrected chi connectivity index (χ0v) is 13.3. The summed E-state index contributed by atoms with van der Waals surface area (Å²) in [4.78, 5) is 11.3. The summed E-state index contributed by atoms with van der Waals surface area (Å²) in [6.45, 7) is 0. The van der Waals surface area contributed by atoms with Crippen LogP contribution >= 0.6 is 12.6 Å². The van der Waals surface area contributed by atoms with E-state index in [4.69, 9.17) is 0 Å². The van der Waals surface area contributed by atoms with Crippen LogP contribution in [0.3, 0.4) is 0 Å². The third-order valence-corrected chi connectivity index (χ3v) is 4.16. The van der Waals surface area contributed by atoms with Gasteiger partial charge in [0, 0.05) is 5.75 Å². The number of carbonyl (C=O) groups is 1. The quantitative estimate of drug-likeness (QED) is 0.652. The number of aromatic carboxylic acids is 1. The van der Waals surface area contributed by atoms with E-state index in [-0.39, 0.29) is 0 Å². The molecule has 3 aromatic carbocycles. The molecule has 0 fully saturated rings. The first-order valence-corrected chi connectivity index (χ1v) is 7.95. The lowest BCUT2D eigenvalue weighted by Crippen LogP contribution is -1.97. The topological polar surface area (TPSA) is 37.3 Å². The minimum atomic E-state index is -0.917. The molecular formula is C20H16O2S. The second-order valence-electron chi connectivity index (χ2n) is 5.29. The summed E-state index contributed by atoms with van der Waals surface area (Å²) in [5.41, 5.74) is 5.45. The van der Waals surface area contributed by atoms with Crippen LogP contribution in [0.5, 0.6) is 0 Å². The number of carboxylic acid groups (broad SMARTS) is 1. The summed E-state index contributed by atoms with van der Waals surface area (Å²) in [5.74, 6) is -0.219. The van der Waals surface area contributed by atoms with Crippen molar-refractivity contribution < 1.29 is 9.90 Å². The van der Waals surface area contributed by atoms with Gasteiger partial charge in [-0.1, -0.05) is 60.7 Å². The Balaban J connectivity index is 2.17. The van der Waals surface area contributed by atoms with Gasteiger partial charge in [-0.2, -0.15) is 12.6 Å². The molecule has 3 rings (SSSR count). The second kappa shape index (κ2) is 6.71. The van der Waals surface area contributed by atoms with Gasteiger partial charge in [0.25, 0.3) is 0 Å². The van der Waals surface area contributed by atoms with Gasteiger partial charge in [0.2, 0.25) is 0 Å². The van der Waals surface area contributed by atoms with Crippen molar-refractivity contribution in [2.24, 2.45) is 0 Å². The Morgan fingerprint density at radius 1 is 0.826 bits per heavy atom. The van der Waals surface area contributed by atoms with Crippen LogP contribution in [0, 0.1) is 0 Å². The first-order valence-electron chi connectivity index (χ1n) is 7.32. The Morgan fingerprint density at radius 3 is 2.09 bits per heavy atom. The van der Waals surface area contributed by atoms with E-state index < -0.39 is 5.97 Å². The lowest BCUT2D eigenvalue weighted by atomic mass is 9.92. The highest BCUT2D eigenvalue weighted by molar-refractivity contribution is 7.79. The molecule has 0 unspecified atom stereocenters. The zero-order valence-electron chi connectivity index (χ0n) is 12.4. The van der Waals surface area contributed by atoms with E-state index in [1.165, 1.54) is 0 Å². The van der Waals surface area contributed by atoms with Crippen molar-refractivity contribution in [3.8, 4) is 22.3 Å². The van der Waals surface area contributed by atoms with E-state index in [1.54, 1.807) is 12.1 Å². The summed E-state index contributed by atoms with van der Waals surface area (Å²) < 4.78 is 0. The summed E-state index contributed by atoms with van der Waals surface area (Å²) >= 11 is 4.28. The summed E-state index contributed by atoms with van der Waals surface area (Å²) in [5, 5.41) is 9.28. The molecule has 0 aliphatic rings. The second-order valence-corrected chi connectivity index (χ2v) is 5.60. The molecule has 0 atom stereocenters. The number of hydrogen-bond donors (Lipinski definition) is 2. The van der Waals surface area contributed by atoms with Gasteiger partial charge in [0.1, 0.15) is 0 Å². The molecule has 1 N–H and O–H groups in total. The summed E-state index contributed by atoms with van der Waals surface area (Å²) in [6.07, 6.45) is 0. The first-order chi connectivity index (χ1) is 11.2. The molecule has 0 spiro atoms. The van der Waals surface area contributed by atoms with Crippen LogP contribution in [0.1, 0.15) is 15.9 Å². The van der Waals surface area contributed by atoms with Gasteiger partial charge < -0.3 is 5.11 Å². The van der Waals surface area contributed by atoms with Crippen LogP contribution in [-0.4, -0.2) is 11.1 Å². The molecule has 0 bridgehead atoms. The fourth-order valence-electron chi connectivity index (χ4n) is 2.58. The Kier molecular flexibility index (Phi) is 4.49. The Morgan fingerprint density at radius 2 is 1.48 bits per heavy atom. The van der Waals surface area contributed by atoms with Gasteiger partial charge >= 0.3 is 5.97 Å². The average molecular weight is 320 g/mol. The van der Waals surface area contributed by atoms with Crippen molar-refractivity contribution in [1.82, 2.24) is 0 Å². The van der Waals surface area contributed by atoms with Crippen molar-refractivity contribution in [1.29, 1.82) is 0 Å². The normalized spacial score (nSPS) is 10.5. The largest absolute Gasteiger partial charge is 0.478 e. The summed E-state index contributed by atoms with van der Waals surface area (Å²) in [6, 6.07) is 23.3. The molecule has 0 aliphatic carbocycles. The maximum Gasteiger partial charge on any atom is 0.335 e. The Hall–Kier alpha value is -2.52. The van der Waals surface area contributed by atoms with Crippen LogP contribution in [0.15, 0.2) is 72.8 Å². The molecule has 0 aliphatic heterocycles. The van der Waals surface area contributed by atoms with E-state index in [0.717, 1.165) is 27.8 Å². The van der Waals surface area contributed by atoms with Crippen molar-refractivity contribution in [3.63, 3.8) is 0 Å². The number of benzene rings is 3. The van der Waals surface area contributed by atoms with Gasteiger partial charge in [-0.3, -0.25) is 0 Å². The highest BCUT2D eigenvalue weighted by atomic mass is 32.1. The monoisotopic (exact) mass is 320 g/mol. The van der Waals surface area contributed by atoms with Gasteiger partial charge in [-0.15, -0.1) is 0 Å². The highest BCUT2D eigenvalue weighted by Crippen LogP contribution is 2.33. The Labute approximate surface area is 140 Å². The van der Waals surface area contributed by atoms with Gasteiger partial charge in [0.05, 0.1) is 5.56 Å². The summed E-state index contributed by atoms with van der Waals surface area (Å²) in [7, 11) is 0. The third kappa shape index (κ3) is 3.30. The molecule has 0 heterocycles. The molecule has 3 aromatic rings. The minimum Gasteiger partial charge on any atom is -0.478 e. The van der Waals surface area contributed by atoms with E-state index >= 15 is 0 Å². The van der Waals surface area contributed by atoms with Crippen molar-refractivity contribution in [2.75, 3.05) is 0 Å². The number of hydrogen-bond acceptors (Lipinski definition) is 2. The SMILES string of the molecule is O=C(O)c1ccc(-c2ccc(CS)cc2)c(-c2ccccc2)c1. The molecule has 0 saturated heterocycles. The third-order valence-electron chi connectivity index (χ3n) is 3.80. The zero-order chi connectivity index (χ0) is 16.2. The molecule has 0 aromatic heterocycles. The van der Waals surface area contributed by atoms with E-state index in [9.17, 15) is 9.90 Å². The van der Waals surface area contributed by atoms with Gasteiger partial charge in [-0.25, -0.2) is 4.79 Å². The predicted molar refractivity (Wildman–Crippen MR) is 97.0 cm³/mol. The Bertz CT molecular complexity index is 824. The molecule has 3 heteroatoms. The van der Waals surface area contributed by atoms with Crippen LogP contribution in [0.2, 0.25) is 0 Å². The molecule has 114 valence electrons. The predicted octanol–water partition coefficient (Wildman–Crippen LogP) is 5.15. The molecule has 0 amide bonds. The fraction of sp³-hybridized carbons (Fsp3) is 0.0500. The standard InChI is InChI=1S/C20H16O2S/c21-20(22)17-10-11-18(16-8-6-14(13-23)7-9-16)19(12-17)15-4-2-1-3-5-15/h1-12,23H,13H2,(H,21,22). The minimum absolute atomic E-state index is 0.291. The molecule has 0 radical (unpaired) electrons. The average Bonchev–Trinajstić information content (AvgIpc) is 2.62. The van der Waals surface area contributed by atoms with Crippen LogP contribution < -0.4 is 0 Å². The maximum atomic E-state index is 11.3. The maximum absolute atomic E-state index is 11.3. The fourth-order valence-corrected chi connectivity index (χ4v) is 2.79. The molecular weight excluding hydrogens is 304 g/mol. The van der Waals surface area contributed by atoms with E-state index in [2.05, 4.69) is 12.6 Å². The van der Waals surface area contributed by atoms with Crippen molar-refractivity contribution in [2.45, 2.75) is 5.75 Å². The van der Waals surface area contributed by atoms with Gasteiger partial charge in [-0.05, 0) is 39.9 Å². The van der Waals surface area contributed by atoms with Crippen LogP contribution in [0.25, 0.3) is 22.3 Å². The molecule has 0 saturated carbocycles. The lowest BCUT2D eigenvalue weighted by molar-refractivity contribution is 0.0697. The van der Waals surface area contributed by atoms with Crippen LogP contribution in [0.4, 0.5) is 0 Å². The van der Waals surface area contributed by atoms with Crippen LogP contribution in [-0.2, 0) is 5.75 Å². The lowest BCUT2D eigenvalue weighted by Gasteiger charge is -2.12.